The Bertz CT molecular complexity index is 525. The van der Waals surface area contributed by atoms with Gasteiger partial charge in [-0.1, -0.05) is 0 Å². The number of aliphatic hydroxyl groups excluding tert-OH is 2. The van der Waals surface area contributed by atoms with Crippen LogP contribution in [0, 0.1) is 0 Å². The smallest absolute Gasteiger partial charge is 0.410 e. The first-order chi connectivity index (χ1) is 13.6. The van der Waals surface area contributed by atoms with Gasteiger partial charge >= 0.3 is 12.2 Å². The number of nitrogens with zero attached hydrogens (tertiary/aromatic N) is 2. The molecule has 2 heterocycles. The third kappa shape index (κ3) is 9.46. The molecule has 2 aliphatic rings. The summed E-state index contributed by atoms with van der Waals surface area (Å²) in [5, 5.41) is 19.0. The van der Waals surface area contributed by atoms with Gasteiger partial charge in [-0.15, -0.1) is 0 Å². The van der Waals surface area contributed by atoms with E-state index in [1.807, 2.05) is 41.5 Å². The maximum absolute atomic E-state index is 11.6. The van der Waals surface area contributed by atoms with Crippen LogP contribution in [0.4, 0.5) is 9.59 Å². The SMILES string of the molecule is CC(C)(C)OC(=O)N1CC[C@@H](N)[C@H](O)C1.CC(C)(C)OC(=O)N1CC[C@H](N)[C@@H](O)C1. The van der Waals surface area contributed by atoms with Crippen LogP contribution in [0.1, 0.15) is 54.4 Å². The van der Waals surface area contributed by atoms with E-state index in [4.69, 9.17) is 20.9 Å². The van der Waals surface area contributed by atoms with Gasteiger partial charge in [0.05, 0.1) is 25.3 Å². The van der Waals surface area contributed by atoms with E-state index >= 15 is 0 Å². The normalized spacial score (nSPS) is 27.7. The molecule has 0 aromatic heterocycles. The average Bonchev–Trinajstić information content (AvgIpc) is 2.57. The van der Waals surface area contributed by atoms with Crippen LogP contribution in [0.15, 0.2) is 0 Å². The highest BCUT2D eigenvalue weighted by molar-refractivity contribution is 5.68. The van der Waals surface area contributed by atoms with Crippen molar-refractivity contribution in [2.24, 2.45) is 11.5 Å². The number of rotatable bonds is 0. The third-order valence-electron chi connectivity index (χ3n) is 4.57. The Morgan fingerprint density at radius 2 is 1.07 bits per heavy atom. The Kier molecular flexibility index (Phi) is 9.34. The second kappa shape index (κ2) is 10.6. The number of carbonyl (C=O) groups excluding carboxylic acids is 2. The van der Waals surface area contributed by atoms with Crippen molar-refractivity contribution >= 4 is 12.2 Å². The zero-order valence-corrected chi connectivity index (χ0v) is 19.1. The van der Waals surface area contributed by atoms with Gasteiger partial charge in [0.15, 0.2) is 0 Å². The Hall–Kier alpha value is -1.62. The van der Waals surface area contributed by atoms with E-state index in [2.05, 4.69) is 0 Å². The minimum atomic E-state index is -0.647. The first-order valence-corrected chi connectivity index (χ1v) is 10.4. The number of nitrogens with two attached hydrogens (primary N) is 2. The predicted octanol–water partition coefficient (Wildman–Crippen LogP) is 0.631. The minimum absolute atomic E-state index is 0.233. The summed E-state index contributed by atoms with van der Waals surface area (Å²) in [5.74, 6) is 0. The molecule has 6 N–H and O–H groups in total. The third-order valence-corrected chi connectivity index (χ3v) is 4.57. The second-order valence-corrected chi connectivity index (χ2v) is 9.89. The molecule has 2 aliphatic heterocycles. The van der Waals surface area contributed by atoms with Crippen LogP contribution in [0.3, 0.4) is 0 Å². The number of piperidine rings is 2. The van der Waals surface area contributed by atoms with Crippen LogP contribution in [-0.4, -0.2) is 93.9 Å². The van der Waals surface area contributed by atoms with Crippen molar-refractivity contribution in [3.05, 3.63) is 0 Å². The molecular weight excluding hydrogens is 392 g/mol. The summed E-state index contributed by atoms with van der Waals surface area (Å²) >= 11 is 0. The van der Waals surface area contributed by atoms with E-state index in [1.165, 1.54) is 9.80 Å². The van der Waals surface area contributed by atoms with Crippen molar-refractivity contribution in [3.63, 3.8) is 0 Å². The molecule has 10 heteroatoms. The maximum atomic E-state index is 11.6. The molecule has 0 radical (unpaired) electrons. The van der Waals surface area contributed by atoms with Crippen LogP contribution < -0.4 is 11.5 Å². The molecule has 2 amide bonds. The lowest BCUT2D eigenvalue weighted by Crippen LogP contribution is -2.53. The molecule has 0 unspecified atom stereocenters. The zero-order chi connectivity index (χ0) is 23.3. The number of likely N-dealkylation sites (tertiary alicyclic amines) is 2. The second-order valence-electron chi connectivity index (χ2n) is 9.89. The maximum Gasteiger partial charge on any atom is 0.410 e. The number of amides is 2. The highest BCUT2D eigenvalue weighted by Crippen LogP contribution is 2.16. The number of ether oxygens (including phenoxy) is 2. The summed E-state index contributed by atoms with van der Waals surface area (Å²) in [4.78, 5) is 26.2. The largest absolute Gasteiger partial charge is 0.444 e. The molecule has 0 saturated carbocycles. The van der Waals surface area contributed by atoms with Gasteiger partial charge in [-0.05, 0) is 54.4 Å². The molecule has 0 aliphatic carbocycles. The lowest BCUT2D eigenvalue weighted by atomic mass is 10.0. The van der Waals surface area contributed by atoms with Gasteiger partial charge in [-0.25, -0.2) is 9.59 Å². The highest BCUT2D eigenvalue weighted by Gasteiger charge is 2.31. The molecule has 0 aromatic carbocycles. The lowest BCUT2D eigenvalue weighted by Gasteiger charge is -2.35. The van der Waals surface area contributed by atoms with Crippen LogP contribution in [0.2, 0.25) is 0 Å². The summed E-state index contributed by atoms with van der Waals surface area (Å²) in [6, 6.07) is -0.465. The minimum Gasteiger partial charge on any atom is -0.444 e. The standard InChI is InChI=1S/2C10H20N2O3/c2*1-10(2,3)15-9(14)12-5-4-7(11)8(13)6-12/h2*7-8,13H,4-6,11H2,1-3H3/t2*7-,8-/m10/s1. The van der Waals surface area contributed by atoms with Crippen molar-refractivity contribution in [2.45, 2.75) is 89.9 Å². The fraction of sp³-hybridized carbons (Fsp3) is 0.900. The van der Waals surface area contributed by atoms with Gasteiger partial charge in [-0.2, -0.15) is 0 Å². The first kappa shape index (κ1) is 26.4. The van der Waals surface area contributed by atoms with Crippen LogP contribution in [0.5, 0.6) is 0 Å². The van der Waals surface area contributed by atoms with E-state index in [-0.39, 0.29) is 37.4 Å². The molecule has 2 saturated heterocycles. The quantitative estimate of drug-likeness (QED) is 0.435. The van der Waals surface area contributed by atoms with Gasteiger partial charge in [0.25, 0.3) is 0 Å². The number of aliphatic hydroxyl groups is 2. The van der Waals surface area contributed by atoms with Gasteiger partial charge in [0, 0.05) is 25.2 Å². The van der Waals surface area contributed by atoms with Crippen molar-refractivity contribution in [1.29, 1.82) is 0 Å². The monoisotopic (exact) mass is 432 g/mol. The lowest BCUT2D eigenvalue weighted by molar-refractivity contribution is -0.00110. The fourth-order valence-corrected chi connectivity index (χ4v) is 2.88. The molecular formula is C20H40N4O6. The van der Waals surface area contributed by atoms with Crippen LogP contribution in [0.25, 0.3) is 0 Å². The summed E-state index contributed by atoms with van der Waals surface area (Å²) < 4.78 is 10.4. The van der Waals surface area contributed by atoms with Crippen molar-refractivity contribution in [2.75, 3.05) is 26.2 Å². The molecule has 0 aromatic rings. The summed E-state index contributed by atoms with van der Waals surface area (Å²) in [7, 11) is 0. The molecule has 2 fully saturated rings. The Balaban J connectivity index is 0.000000300. The number of β-amino-alcohol motifs (C(OH)–C–C–N with tert-alkyl or cyclic N) is 2. The molecule has 0 bridgehead atoms. The highest BCUT2D eigenvalue weighted by atomic mass is 16.6. The summed E-state index contributed by atoms with van der Waals surface area (Å²) in [6.07, 6.45) is -0.833. The number of hydrogen-bond acceptors (Lipinski definition) is 8. The van der Waals surface area contributed by atoms with Gasteiger partial charge in [0.1, 0.15) is 11.2 Å². The topological polar surface area (TPSA) is 152 Å². The summed E-state index contributed by atoms with van der Waals surface area (Å²) in [6.45, 7) is 12.5. The van der Waals surface area contributed by atoms with Gasteiger partial charge in [0.2, 0.25) is 0 Å². The first-order valence-electron chi connectivity index (χ1n) is 10.4. The number of hydrogen-bond donors (Lipinski definition) is 4. The Morgan fingerprint density at radius 3 is 1.30 bits per heavy atom. The molecule has 2 rings (SSSR count). The Morgan fingerprint density at radius 1 is 0.767 bits per heavy atom. The van der Waals surface area contributed by atoms with Gasteiger partial charge in [-0.3, -0.25) is 0 Å². The molecule has 30 heavy (non-hydrogen) atoms. The van der Waals surface area contributed by atoms with Crippen molar-refractivity contribution in [3.8, 4) is 0 Å². The average molecular weight is 433 g/mol. The molecule has 10 nitrogen and oxygen atoms in total. The molecule has 176 valence electrons. The van der Waals surface area contributed by atoms with E-state index in [1.54, 1.807) is 0 Å². The molecule has 4 atom stereocenters. The zero-order valence-electron chi connectivity index (χ0n) is 19.1. The van der Waals surface area contributed by atoms with E-state index < -0.39 is 23.4 Å². The van der Waals surface area contributed by atoms with E-state index in [0.717, 1.165) is 0 Å². The predicted molar refractivity (Wildman–Crippen MR) is 113 cm³/mol. The van der Waals surface area contributed by atoms with Crippen LogP contribution in [-0.2, 0) is 9.47 Å². The fourth-order valence-electron chi connectivity index (χ4n) is 2.88. The summed E-state index contributed by atoms with van der Waals surface area (Å²) in [5.41, 5.74) is 10.3. The van der Waals surface area contributed by atoms with E-state index in [0.29, 0.717) is 25.9 Å². The Labute approximate surface area is 179 Å². The van der Waals surface area contributed by atoms with Crippen molar-refractivity contribution < 1.29 is 29.3 Å². The molecule has 0 spiro atoms. The number of carbonyl (C=O) groups is 2. The van der Waals surface area contributed by atoms with Crippen molar-refractivity contribution in [1.82, 2.24) is 9.80 Å². The van der Waals surface area contributed by atoms with Crippen LogP contribution >= 0.6 is 0 Å². The van der Waals surface area contributed by atoms with E-state index in [9.17, 15) is 19.8 Å². The van der Waals surface area contributed by atoms with Gasteiger partial charge < -0.3 is 41.0 Å².